The van der Waals surface area contributed by atoms with Crippen LogP contribution in [0.5, 0.6) is 0 Å². The topological polar surface area (TPSA) is 60.2 Å². The number of carbonyl (C=O) groups excluding carboxylic acids is 1. The third kappa shape index (κ3) is 5.07. The molecule has 0 aliphatic heterocycles. The summed E-state index contributed by atoms with van der Waals surface area (Å²) >= 11 is 11.1. The third-order valence-corrected chi connectivity index (χ3v) is 2.52. The summed E-state index contributed by atoms with van der Waals surface area (Å²) in [7, 11) is 0. The molecule has 2 aromatic rings. The molecule has 4 nitrogen and oxygen atoms in total. The van der Waals surface area contributed by atoms with Crippen molar-refractivity contribution in [3.05, 3.63) is 74.3 Å². The van der Waals surface area contributed by atoms with Gasteiger partial charge in [-0.15, -0.1) is 0 Å². The number of halogens is 2. The summed E-state index contributed by atoms with van der Waals surface area (Å²) in [6.07, 6.45) is 0.470. The molecule has 0 N–H and O–H groups in total. The molecule has 0 bridgehead atoms. The second kappa shape index (κ2) is 7.51. The molecule has 6 heteroatoms. The number of hydrogen-bond donors (Lipinski definition) is 0. The van der Waals surface area contributed by atoms with Gasteiger partial charge in [0.25, 0.3) is 5.69 Å². The van der Waals surface area contributed by atoms with Crippen molar-refractivity contribution in [2.45, 2.75) is 0 Å². The predicted octanol–water partition coefficient (Wildman–Crippen LogP) is 4.40. The number of nitro benzene ring substituents is 1. The van der Waals surface area contributed by atoms with E-state index in [1.807, 2.05) is 6.07 Å². The number of rotatable bonds is 2. The van der Waals surface area contributed by atoms with Gasteiger partial charge in [-0.2, -0.15) is 0 Å². The summed E-state index contributed by atoms with van der Waals surface area (Å²) in [6.45, 7) is 0. The highest BCUT2D eigenvalue weighted by atomic mass is 35.5. The Kier molecular flexibility index (Phi) is 5.99. The van der Waals surface area contributed by atoms with Crippen molar-refractivity contribution >= 4 is 35.2 Å². The smallest absolute Gasteiger partial charge is 0.279 e. The highest BCUT2D eigenvalue weighted by Crippen LogP contribution is 2.15. The van der Waals surface area contributed by atoms with Gasteiger partial charge >= 0.3 is 0 Å². The van der Waals surface area contributed by atoms with E-state index in [2.05, 4.69) is 0 Å². The van der Waals surface area contributed by atoms with E-state index in [9.17, 15) is 14.9 Å². The largest absolute Gasteiger partial charge is 0.298 e. The van der Waals surface area contributed by atoms with Gasteiger partial charge < -0.3 is 0 Å². The average molecular weight is 298 g/mol. The standard InChI is InChI=1S/C7H5NO3.C6H4Cl2/c9-5-6-3-1-2-4-7(6)8(10)11;7-5-2-1-3-6(8)4-5/h1-5H;1-4H. The molecule has 0 spiro atoms. The number of benzene rings is 2. The fraction of sp³-hybridized carbons (Fsp3) is 0. The molecule has 19 heavy (non-hydrogen) atoms. The van der Waals surface area contributed by atoms with Crippen LogP contribution in [0.4, 0.5) is 5.69 Å². The SMILES string of the molecule is Clc1cccc(Cl)c1.O=Cc1ccccc1[N+](=O)[O-]. The number of hydrogen-bond acceptors (Lipinski definition) is 3. The molecule has 0 aliphatic carbocycles. The van der Waals surface area contributed by atoms with Crippen LogP contribution in [0.25, 0.3) is 0 Å². The average Bonchev–Trinajstić information content (AvgIpc) is 2.39. The van der Waals surface area contributed by atoms with Gasteiger partial charge in [0.1, 0.15) is 0 Å². The number of carbonyl (C=O) groups is 1. The normalized spacial score (nSPS) is 9.16. The number of para-hydroxylation sites is 1. The quantitative estimate of drug-likeness (QED) is 0.469. The van der Waals surface area contributed by atoms with Gasteiger partial charge in [-0.05, 0) is 24.3 Å². The molecule has 0 unspecified atom stereocenters. The number of nitro groups is 1. The zero-order valence-corrected chi connectivity index (χ0v) is 11.1. The lowest BCUT2D eigenvalue weighted by molar-refractivity contribution is -0.385. The van der Waals surface area contributed by atoms with E-state index in [-0.39, 0.29) is 11.3 Å². The molecule has 0 saturated heterocycles. The monoisotopic (exact) mass is 297 g/mol. The Morgan fingerprint density at radius 3 is 1.95 bits per heavy atom. The van der Waals surface area contributed by atoms with Crippen molar-refractivity contribution in [3.63, 3.8) is 0 Å². The van der Waals surface area contributed by atoms with E-state index in [0.717, 1.165) is 0 Å². The van der Waals surface area contributed by atoms with Crippen molar-refractivity contribution in [3.8, 4) is 0 Å². The van der Waals surface area contributed by atoms with Crippen molar-refractivity contribution in [1.82, 2.24) is 0 Å². The van der Waals surface area contributed by atoms with Crippen molar-refractivity contribution in [2.75, 3.05) is 0 Å². The molecule has 0 atom stereocenters. The fourth-order valence-corrected chi connectivity index (χ4v) is 1.65. The van der Waals surface area contributed by atoms with Crippen LogP contribution >= 0.6 is 23.2 Å². The van der Waals surface area contributed by atoms with Crippen LogP contribution in [-0.4, -0.2) is 11.2 Å². The van der Waals surface area contributed by atoms with Gasteiger partial charge in [0.05, 0.1) is 10.5 Å². The van der Waals surface area contributed by atoms with E-state index in [1.165, 1.54) is 18.2 Å². The van der Waals surface area contributed by atoms with E-state index in [1.54, 1.807) is 24.3 Å². The van der Waals surface area contributed by atoms with Crippen LogP contribution in [0, 0.1) is 10.1 Å². The summed E-state index contributed by atoms with van der Waals surface area (Å²) in [4.78, 5) is 19.9. The lowest BCUT2D eigenvalue weighted by Crippen LogP contribution is -1.92. The van der Waals surface area contributed by atoms with Gasteiger partial charge in [-0.25, -0.2) is 0 Å². The molecular formula is C13H9Cl2NO3. The minimum absolute atomic E-state index is 0.109. The molecule has 0 saturated carbocycles. The van der Waals surface area contributed by atoms with Crippen molar-refractivity contribution in [2.24, 2.45) is 0 Å². The molecule has 0 aromatic heterocycles. The fourth-order valence-electron chi connectivity index (χ4n) is 1.21. The van der Waals surface area contributed by atoms with E-state index in [0.29, 0.717) is 16.3 Å². The van der Waals surface area contributed by atoms with Crippen LogP contribution in [0.3, 0.4) is 0 Å². The van der Waals surface area contributed by atoms with Crippen LogP contribution in [0.1, 0.15) is 10.4 Å². The number of aldehydes is 1. The van der Waals surface area contributed by atoms with Crippen LogP contribution in [-0.2, 0) is 0 Å². The number of nitrogens with zero attached hydrogens (tertiary/aromatic N) is 1. The summed E-state index contributed by atoms with van der Waals surface area (Å²) < 4.78 is 0. The van der Waals surface area contributed by atoms with E-state index < -0.39 is 4.92 Å². The summed E-state index contributed by atoms with van der Waals surface area (Å²) in [6, 6.07) is 12.9. The molecule has 98 valence electrons. The first-order chi connectivity index (χ1) is 9.04. The summed E-state index contributed by atoms with van der Waals surface area (Å²) in [5, 5.41) is 11.6. The predicted molar refractivity (Wildman–Crippen MR) is 74.9 cm³/mol. The molecular weight excluding hydrogens is 289 g/mol. The molecule has 0 fully saturated rings. The molecule has 2 aromatic carbocycles. The molecule has 0 radical (unpaired) electrons. The van der Waals surface area contributed by atoms with Gasteiger partial charge in [0.15, 0.2) is 6.29 Å². The minimum atomic E-state index is -0.580. The summed E-state index contributed by atoms with van der Waals surface area (Å²) in [5.74, 6) is 0. The lowest BCUT2D eigenvalue weighted by Gasteiger charge is -1.91. The van der Waals surface area contributed by atoms with Crippen molar-refractivity contribution in [1.29, 1.82) is 0 Å². The molecule has 0 heterocycles. The Morgan fingerprint density at radius 2 is 1.58 bits per heavy atom. The van der Waals surface area contributed by atoms with Crippen LogP contribution < -0.4 is 0 Å². The third-order valence-electron chi connectivity index (χ3n) is 2.05. The molecule has 0 amide bonds. The van der Waals surface area contributed by atoms with Crippen LogP contribution in [0.2, 0.25) is 10.0 Å². The Bertz CT molecular complexity index is 570. The lowest BCUT2D eigenvalue weighted by atomic mass is 10.2. The second-order valence-electron chi connectivity index (χ2n) is 3.37. The Hall–Kier alpha value is -1.91. The molecule has 2 rings (SSSR count). The van der Waals surface area contributed by atoms with Crippen molar-refractivity contribution < 1.29 is 9.72 Å². The first-order valence-corrected chi connectivity index (χ1v) is 5.90. The summed E-state index contributed by atoms with van der Waals surface area (Å²) in [5.41, 5.74) is -0.0417. The maximum absolute atomic E-state index is 10.2. The first kappa shape index (κ1) is 15.1. The zero-order chi connectivity index (χ0) is 14.3. The van der Waals surface area contributed by atoms with Crippen LogP contribution in [0.15, 0.2) is 48.5 Å². The van der Waals surface area contributed by atoms with Gasteiger partial charge in [0.2, 0.25) is 0 Å². The Balaban J connectivity index is 0.000000200. The maximum atomic E-state index is 10.2. The van der Waals surface area contributed by atoms with E-state index in [4.69, 9.17) is 23.2 Å². The zero-order valence-electron chi connectivity index (χ0n) is 9.62. The van der Waals surface area contributed by atoms with Gasteiger partial charge in [0, 0.05) is 16.1 Å². The second-order valence-corrected chi connectivity index (χ2v) is 4.25. The Morgan fingerprint density at radius 1 is 1.00 bits per heavy atom. The minimum Gasteiger partial charge on any atom is -0.298 e. The highest BCUT2D eigenvalue weighted by molar-refractivity contribution is 6.34. The Labute approximate surface area is 119 Å². The van der Waals surface area contributed by atoms with E-state index >= 15 is 0 Å². The first-order valence-electron chi connectivity index (χ1n) is 5.14. The molecule has 0 aliphatic rings. The maximum Gasteiger partial charge on any atom is 0.279 e. The van der Waals surface area contributed by atoms with Gasteiger partial charge in [-0.1, -0.05) is 41.4 Å². The highest BCUT2D eigenvalue weighted by Gasteiger charge is 2.09. The van der Waals surface area contributed by atoms with Gasteiger partial charge in [-0.3, -0.25) is 14.9 Å².